The van der Waals surface area contributed by atoms with Crippen LogP contribution in [-0.2, 0) is 0 Å². The Labute approximate surface area is 88.4 Å². The maximum atomic E-state index is 4.45. The predicted octanol–water partition coefficient (Wildman–Crippen LogP) is 3.74. The molecule has 0 spiro atoms. The Bertz CT molecular complexity index is 457. The van der Waals surface area contributed by atoms with E-state index in [0.29, 0.717) is 0 Å². The molecule has 0 bridgehead atoms. The molecule has 14 heavy (non-hydrogen) atoms. The summed E-state index contributed by atoms with van der Waals surface area (Å²) in [4.78, 5) is 5.75. The molecule has 0 aliphatic rings. The summed E-state index contributed by atoms with van der Waals surface area (Å²) in [6.45, 7) is 6.27. The highest BCUT2D eigenvalue weighted by molar-refractivity contribution is 7.15. The van der Waals surface area contributed by atoms with E-state index in [-0.39, 0.29) is 0 Å². The quantitative estimate of drug-likeness (QED) is 0.688. The van der Waals surface area contributed by atoms with Crippen molar-refractivity contribution in [2.75, 3.05) is 0 Å². The van der Waals surface area contributed by atoms with Crippen molar-refractivity contribution in [2.24, 2.45) is 0 Å². The van der Waals surface area contributed by atoms with Gasteiger partial charge in [0.1, 0.15) is 0 Å². The Morgan fingerprint density at radius 3 is 2.36 bits per heavy atom. The van der Waals surface area contributed by atoms with E-state index in [2.05, 4.69) is 50.0 Å². The number of thiazole rings is 1. The van der Waals surface area contributed by atoms with Gasteiger partial charge in [-0.05, 0) is 31.9 Å². The van der Waals surface area contributed by atoms with Crippen molar-refractivity contribution in [3.63, 3.8) is 0 Å². The molecule has 0 saturated carbocycles. The zero-order valence-electron chi connectivity index (χ0n) is 8.66. The van der Waals surface area contributed by atoms with Gasteiger partial charge in [-0.25, -0.2) is 4.98 Å². The molecule has 72 valence electrons. The monoisotopic (exact) mass is 203 g/mol. The second-order valence-electron chi connectivity index (χ2n) is 3.46. The molecule has 0 aliphatic heterocycles. The molecule has 1 nitrogen and oxygen atoms in total. The van der Waals surface area contributed by atoms with Crippen LogP contribution in [0.1, 0.15) is 16.3 Å². The molecule has 0 fully saturated rings. The summed E-state index contributed by atoms with van der Waals surface area (Å²) < 4.78 is 0. The number of rotatable bonds is 1. The Hall–Kier alpha value is -1.15. The molecule has 2 rings (SSSR count). The zero-order chi connectivity index (χ0) is 10.1. The number of benzene rings is 1. The maximum absolute atomic E-state index is 4.45. The molecule has 0 N–H and O–H groups in total. The Morgan fingerprint density at radius 1 is 1.07 bits per heavy atom. The summed E-state index contributed by atoms with van der Waals surface area (Å²) in [7, 11) is 0. The average molecular weight is 203 g/mol. The number of aromatic nitrogens is 1. The van der Waals surface area contributed by atoms with Crippen LogP contribution in [0.5, 0.6) is 0 Å². The van der Waals surface area contributed by atoms with E-state index in [0.717, 1.165) is 10.7 Å². The molecule has 0 unspecified atom stereocenters. The lowest BCUT2D eigenvalue weighted by molar-refractivity contribution is 1.20. The SMILES string of the molecule is Cc1nc(C)c(-c2ccccc2C)s1. The van der Waals surface area contributed by atoms with Crippen LogP contribution in [0, 0.1) is 20.8 Å². The first-order valence-electron chi connectivity index (χ1n) is 4.68. The lowest BCUT2D eigenvalue weighted by atomic mass is 10.1. The third-order valence-corrected chi connectivity index (χ3v) is 3.40. The molecule has 0 amide bonds. The largest absolute Gasteiger partial charge is 0.246 e. The molecule has 1 aromatic carbocycles. The van der Waals surface area contributed by atoms with Crippen molar-refractivity contribution in [1.29, 1.82) is 0 Å². The summed E-state index contributed by atoms with van der Waals surface area (Å²) in [5.74, 6) is 0. The Morgan fingerprint density at radius 2 is 1.79 bits per heavy atom. The van der Waals surface area contributed by atoms with Crippen LogP contribution >= 0.6 is 11.3 Å². The van der Waals surface area contributed by atoms with Crippen molar-refractivity contribution < 1.29 is 0 Å². The topological polar surface area (TPSA) is 12.9 Å². The highest BCUT2D eigenvalue weighted by atomic mass is 32.1. The van der Waals surface area contributed by atoms with E-state index in [1.807, 2.05) is 0 Å². The summed E-state index contributed by atoms with van der Waals surface area (Å²) >= 11 is 1.77. The van der Waals surface area contributed by atoms with Gasteiger partial charge in [0.05, 0.1) is 15.6 Å². The summed E-state index contributed by atoms with van der Waals surface area (Å²) in [5, 5.41) is 1.14. The van der Waals surface area contributed by atoms with Crippen LogP contribution in [0.15, 0.2) is 24.3 Å². The van der Waals surface area contributed by atoms with Gasteiger partial charge in [-0.3, -0.25) is 0 Å². The van der Waals surface area contributed by atoms with Gasteiger partial charge in [0, 0.05) is 0 Å². The van der Waals surface area contributed by atoms with E-state index in [1.54, 1.807) is 11.3 Å². The van der Waals surface area contributed by atoms with Gasteiger partial charge in [0.25, 0.3) is 0 Å². The molecule has 2 aromatic rings. The van der Waals surface area contributed by atoms with Gasteiger partial charge >= 0.3 is 0 Å². The van der Waals surface area contributed by atoms with Crippen LogP contribution in [-0.4, -0.2) is 4.98 Å². The minimum absolute atomic E-state index is 1.14. The van der Waals surface area contributed by atoms with Crippen molar-refractivity contribution in [3.8, 4) is 10.4 Å². The normalized spacial score (nSPS) is 10.5. The Kier molecular flexibility index (Phi) is 2.38. The third-order valence-electron chi connectivity index (χ3n) is 2.29. The number of aryl methyl sites for hydroxylation is 3. The number of hydrogen-bond donors (Lipinski definition) is 0. The second-order valence-corrected chi connectivity index (χ2v) is 4.67. The molecular formula is C12H13NS. The van der Waals surface area contributed by atoms with Crippen LogP contribution in [0.2, 0.25) is 0 Å². The molecule has 0 saturated heterocycles. The molecule has 1 heterocycles. The first kappa shape index (κ1) is 9.41. The maximum Gasteiger partial charge on any atom is 0.0903 e. The van der Waals surface area contributed by atoms with E-state index in [4.69, 9.17) is 0 Å². The standard InChI is InChI=1S/C12H13NS/c1-8-6-4-5-7-11(8)12-9(2)13-10(3)14-12/h4-7H,1-3H3. The van der Waals surface area contributed by atoms with Gasteiger partial charge in [-0.15, -0.1) is 11.3 Å². The first-order chi connectivity index (χ1) is 6.68. The van der Waals surface area contributed by atoms with Crippen molar-refractivity contribution in [3.05, 3.63) is 40.5 Å². The van der Waals surface area contributed by atoms with Crippen molar-refractivity contribution in [1.82, 2.24) is 4.98 Å². The summed E-state index contributed by atoms with van der Waals surface area (Å²) in [5.41, 5.74) is 3.77. The summed E-state index contributed by atoms with van der Waals surface area (Å²) in [6, 6.07) is 8.46. The van der Waals surface area contributed by atoms with Crippen molar-refractivity contribution >= 4 is 11.3 Å². The molecule has 1 aromatic heterocycles. The van der Waals surface area contributed by atoms with Crippen LogP contribution in [0.25, 0.3) is 10.4 Å². The highest BCUT2D eigenvalue weighted by Crippen LogP contribution is 2.31. The Balaban J connectivity index is 2.60. The van der Waals surface area contributed by atoms with Crippen LogP contribution in [0.4, 0.5) is 0 Å². The molecule has 0 radical (unpaired) electrons. The van der Waals surface area contributed by atoms with E-state index in [1.165, 1.54) is 16.0 Å². The average Bonchev–Trinajstić information content (AvgIpc) is 2.46. The number of nitrogens with zero attached hydrogens (tertiary/aromatic N) is 1. The van der Waals surface area contributed by atoms with Gasteiger partial charge in [0.15, 0.2) is 0 Å². The fourth-order valence-electron chi connectivity index (χ4n) is 1.61. The lowest BCUT2D eigenvalue weighted by Gasteiger charge is -2.02. The second kappa shape index (κ2) is 3.54. The van der Waals surface area contributed by atoms with E-state index >= 15 is 0 Å². The minimum Gasteiger partial charge on any atom is -0.246 e. The molecule has 0 aliphatic carbocycles. The summed E-state index contributed by atoms with van der Waals surface area (Å²) in [6.07, 6.45) is 0. The third kappa shape index (κ3) is 1.58. The highest BCUT2D eigenvalue weighted by Gasteiger charge is 2.08. The molecular weight excluding hydrogens is 190 g/mol. The smallest absolute Gasteiger partial charge is 0.0903 e. The van der Waals surface area contributed by atoms with Gasteiger partial charge in [-0.2, -0.15) is 0 Å². The van der Waals surface area contributed by atoms with E-state index < -0.39 is 0 Å². The number of hydrogen-bond acceptors (Lipinski definition) is 2. The van der Waals surface area contributed by atoms with Gasteiger partial charge in [-0.1, -0.05) is 24.3 Å². The van der Waals surface area contributed by atoms with Gasteiger partial charge in [0.2, 0.25) is 0 Å². The molecule has 2 heteroatoms. The first-order valence-corrected chi connectivity index (χ1v) is 5.50. The molecule has 0 atom stereocenters. The zero-order valence-corrected chi connectivity index (χ0v) is 9.48. The van der Waals surface area contributed by atoms with Crippen molar-refractivity contribution in [2.45, 2.75) is 20.8 Å². The van der Waals surface area contributed by atoms with Crippen LogP contribution in [0.3, 0.4) is 0 Å². The van der Waals surface area contributed by atoms with Crippen LogP contribution < -0.4 is 0 Å². The fraction of sp³-hybridized carbons (Fsp3) is 0.250. The van der Waals surface area contributed by atoms with E-state index in [9.17, 15) is 0 Å². The predicted molar refractivity (Wildman–Crippen MR) is 61.8 cm³/mol. The lowest BCUT2D eigenvalue weighted by Crippen LogP contribution is -1.81. The minimum atomic E-state index is 1.14. The van der Waals surface area contributed by atoms with Gasteiger partial charge < -0.3 is 0 Å². The fourth-order valence-corrected chi connectivity index (χ4v) is 2.62.